The van der Waals surface area contributed by atoms with Crippen LogP contribution in [-0.2, 0) is 14.3 Å². The molecular weight excluding hydrogens is 240 g/mol. The molecule has 0 aliphatic heterocycles. The van der Waals surface area contributed by atoms with Gasteiger partial charge in [-0.3, -0.25) is 4.79 Å². The van der Waals surface area contributed by atoms with Gasteiger partial charge in [0.15, 0.2) is 0 Å². The number of likely N-dealkylation sites (N-methyl/N-ethyl adjacent to an activating group) is 1. The molecule has 2 amide bonds. The van der Waals surface area contributed by atoms with Crippen molar-refractivity contribution >= 4 is 18.0 Å². The van der Waals surface area contributed by atoms with Crippen molar-refractivity contribution in [1.29, 1.82) is 0 Å². The van der Waals surface area contributed by atoms with Crippen molar-refractivity contribution in [3.05, 3.63) is 12.7 Å². The van der Waals surface area contributed by atoms with Gasteiger partial charge in [-0.1, -0.05) is 6.08 Å². The number of carbonyl (C=O) groups excluding carboxylic acids is 2. The molecular formula is C11H18N2O5. The number of nitrogens with one attached hydrogen (secondary N) is 1. The molecule has 18 heavy (non-hydrogen) atoms. The van der Waals surface area contributed by atoms with Gasteiger partial charge in [0.05, 0.1) is 7.11 Å². The first-order valence-corrected chi connectivity index (χ1v) is 5.34. The van der Waals surface area contributed by atoms with Crippen molar-refractivity contribution in [3.63, 3.8) is 0 Å². The van der Waals surface area contributed by atoms with E-state index in [2.05, 4.69) is 16.6 Å². The summed E-state index contributed by atoms with van der Waals surface area (Å²) in [6.45, 7) is 3.77. The molecule has 2 N–H and O–H groups in total. The number of urea groups is 1. The third kappa shape index (κ3) is 5.88. The fourth-order valence-corrected chi connectivity index (χ4v) is 1.16. The van der Waals surface area contributed by atoms with E-state index in [-0.39, 0.29) is 12.8 Å². The number of ether oxygens (including phenoxy) is 1. The average molecular weight is 258 g/mol. The van der Waals surface area contributed by atoms with Crippen LogP contribution in [0.4, 0.5) is 4.79 Å². The zero-order valence-electron chi connectivity index (χ0n) is 10.5. The molecule has 0 aromatic carbocycles. The summed E-state index contributed by atoms with van der Waals surface area (Å²) in [6.07, 6.45) is 1.43. The van der Waals surface area contributed by atoms with Crippen LogP contribution in [0.15, 0.2) is 12.7 Å². The number of carboxylic acids is 1. The minimum Gasteiger partial charge on any atom is -0.480 e. The van der Waals surface area contributed by atoms with Gasteiger partial charge in [0.2, 0.25) is 0 Å². The highest BCUT2D eigenvalue weighted by molar-refractivity contribution is 5.83. The molecule has 7 heteroatoms. The Morgan fingerprint density at radius 1 is 1.50 bits per heavy atom. The van der Waals surface area contributed by atoms with Gasteiger partial charge in [0.25, 0.3) is 0 Å². The summed E-state index contributed by atoms with van der Waals surface area (Å²) in [5.74, 6) is -1.71. The Kier molecular flexibility index (Phi) is 7.18. The maximum Gasteiger partial charge on any atom is 0.326 e. The lowest BCUT2D eigenvalue weighted by Crippen LogP contribution is -2.46. The lowest BCUT2D eigenvalue weighted by atomic mass is 10.1. The predicted octanol–water partition coefficient (Wildman–Crippen LogP) is 0.220. The van der Waals surface area contributed by atoms with E-state index in [9.17, 15) is 14.4 Å². The molecule has 0 aromatic rings. The van der Waals surface area contributed by atoms with E-state index in [0.717, 1.165) is 0 Å². The predicted molar refractivity (Wildman–Crippen MR) is 64.0 cm³/mol. The van der Waals surface area contributed by atoms with Gasteiger partial charge in [-0.15, -0.1) is 6.58 Å². The second-order valence-corrected chi connectivity index (χ2v) is 3.62. The van der Waals surface area contributed by atoms with Gasteiger partial charge in [-0.2, -0.15) is 0 Å². The number of hydrogen-bond acceptors (Lipinski definition) is 4. The number of amides is 2. The van der Waals surface area contributed by atoms with E-state index >= 15 is 0 Å². The highest BCUT2D eigenvalue weighted by Crippen LogP contribution is 2.00. The maximum absolute atomic E-state index is 11.5. The van der Waals surface area contributed by atoms with Crippen molar-refractivity contribution < 1.29 is 24.2 Å². The van der Waals surface area contributed by atoms with Crippen LogP contribution in [-0.4, -0.2) is 54.7 Å². The number of aliphatic carboxylic acids is 1. The van der Waals surface area contributed by atoms with E-state index in [1.807, 2.05) is 0 Å². The highest BCUT2D eigenvalue weighted by atomic mass is 16.5. The van der Waals surface area contributed by atoms with Gasteiger partial charge < -0.3 is 20.1 Å². The molecule has 0 unspecified atom stereocenters. The fraction of sp³-hybridized carbons (Fsp3) is 0.545. The molecule has 7 nitrogen and oxygen atoms in total. The zero-order valence-corrected chi connectivity index (χ0v) is 10.5. The van der Waals surface area contributed by atoms with Gasteiger partial charge in [-0.25, -0.2) is 9.59 Å². The van der Waals surface area contributed by atoms with Crippen LogP contribution < -0.4 is 5.32 Å². The fourth-order valence-electron chi connectivity index (χ4n) is 1.16. The van der Waals surface area contributed by atoms with Crippen LogP contribution >= 0.6 is 0 Å². The largest absolute Gasteiger partial charge is 0.480 e. The lowest BCUT2D eigenvalue weighted by molar-refractivity contribution is -0.142. The number of methoxy groups -OCH3 is 1. The van der Waals surface area contributed by atoms with Crippen molar-refractivity contribution in [1.82, 2.24) is 10.2 Å². The van der Waals surface area contributed by atoms with Gasteiger partial charge in [0, 0.05) is 20.0 Å². The van der Waals surface area contributed by atoms with E-state index in [1.165, 1.54) is 25.1 Å². The summed E-state index contributed by atoms with van der Waals surface area (Å²) >= 11 is 0. The third-order valence-electron chi connectivity index (χ3n) is 2.21. The van der Waals surface area contributed by atoms with Gasteiger partial charge >= 0.3 is 18.0 Å². The molecule has 1 atom stereocenters. The van der Waals surface area contributed by atoms with Crippen molar-refractivity contribution in [2.75, 3.05) is 20.7 Å². The van der Waals surface area contributed by atoms with E-state index in [4.69, 9.17) is 5.11 Å². The third-order valence-corrected chi connectivity index (χ3v) is 2.21. The summed E-state index contributed by atoms with van der Waals surface area (Å²) in [5.41, 5.74) is 0. The Morgan fingerprint density at radius 3 is 2.56 bits per heavy atom. The average Bonchev–Trinajstić information content (AvgIpc) is 2.33. The van der Waals surface area contributed by atoms with Crippen LogP contribution in [0.2, 0.25) is 0 Å². The first-order valence-electron chi connectivity index (χ1n) is 5.34. The van der Waals surface area contributed by atoms with E-state index < -0.39 is 24.0 Å². The Labute approximate surface area is 105 Å². The molecule has 0 spiro atoms. The number of nitrogens with zero attached hydrogens (tertiary/aromatic N) is 1. The summed E-state index contributed by atoms with van der Waals surface area (Å²) in [6, 6.07) is -1.66. The highest BCUT2D eigenvalue weighted by Gasteiger charge is 2.22. The second kappa shape index (κ2) is 8.10. The van der Waals surface area contributed by atoms with Gasteiger partial charge in [0.1, 0.15) is 6.04 Å². The summed E-state index contributed by atoms with van der Waals surface area (Å²) < 4.78 is 4.40. The minimum absolute atomic E-state index is 0.0182. The number of rotatable bonds is 7. The normalized spacial score (nSPS) is 11.2. The first-order chi connectivity index (χ1) is 8.42. The SMILES string of the molecule is C=CCN(C)C(=O)N[C@@H](CCC(=O)OC)C(=O)O. The molecule has 102 valence electrons. The van der Waals surface area contributed by atoms with Crippen LogP contribution in [0.5, 0.6) is 0 Å². The molecule has 0 saturated heterocycles. The standard InChI is InChI=1S/C11H18N2O5/c1-4-7-13(2)11(17)12-8(10(15)16)5-6-9(14)18-3/h4,8H,1,5-7H2,2-3H3,(H,12,17)(H,15,16)/t8-/m0/s1. The number of carboxylic acid groups (broad SMARTS) is 1. The quantitative estimate of drug-likeness (QED) is 0.503. The Hall–Kier alpha value is -2.05. The van der Waals surface area contributed by atoms with Gasteiger partial charge in [-0.05, 0) is 6.42 Å². The van der Waals surface area contributed by atoms with Crippen LogP contribution in [0.3, 0.4) is 0 Å². The zero-order chi connectivity index (χ0) is 14.1. The number of hydrogen-bond donors (Lipinski definition) is 2. The van der Waals surface area contributed by atoms with Crippen molar-refractivity contribution in [3.8, 4) is 0 Å². The molecule has 0 aliphatic carbocycles. The molecule has 0 bridgehead atoms. The molecule has 0 fully saturated rings. The molecule has 0 heterocycles. The number of carbonyl (C=O) groups is 3. The molecule has 0 aromatic heterocycles. The smallest absolute Gasteiger partial charge is 0.326 e. The van der Waals surface area contributed by atoms with E-state index in [0.29, 0.717) is 6.54 Å². The van der Waals surface area contributed by atoms with Crippen molar-refractivity contribution in [2.24, 2.45) is 0 Å². The molecule has 0 aliphatic rings. The first kappa shape index (κ1) is 16.0. The summed E-state index contributed by atoms with van der Waals surface area (Å²) in [7, 11) is 2.73. The minimum atomic E-state index is -1.20. The molecule has 0 radical (unpaired) electrons. The van der Waals surface area contributed by atoms with Crippen molar-refractivity contribution in [2.45, 2.75) is 18.9 Å². The van der Waals surface area contributed by atoms with E-state index in [1.54, 1.807) is 0 Å². The van der Waals surface area contributed by atoms with Crippen LogP contribution in [0.25, 0.3) is 0 Å². The topological polar surface area (TPSA) is 95.9 Å². The molecule has 0 saturated carbocycles. The number of esters is 1. The Bertz CT molecular complexity index is 329. The monoisotopic (exact) mass is 258 g/mol. The summed E-state index contributed by atoms with van der Waals surface area (Å²) in [4.78, 5) is 34.6. The second-order valence-electron chi connectivity index (χ2n) is 3.62. The molecule has 0 rings (SSSR count). The maximum atomic E-state index is 11.5. The van der Waals surface area contributed by atoms with Crippen LogP contribution in [0.1, 0.15) is 12.8 Å². The lowest BCUT2D eigenvalue weighted by Gasteiger charge is -2.19. The van der Waals surface area contributed by atoms with Crippen LogP contribution in [0, 0.1) is 0 Å². The Morgan fingerprint density at radius 2 is 2.11 bits per heavy atom. The Balaban J connectivity index is 4.35. The summed E-state index contributed by atoms with van der Waals surface area (Å²) in [5, 5.41) is 11.2.